The predicted molar refractivity (Wildman–Crippen MR) is 94.5 cm³/mol. The van der Waals surface area contributed by atoms with Crippen LogP contribution in [0.25, 0.3) is 0 Å². The lowest BCUT2D eigenvalue weighted by Crippen LogP contribution is -2.48. The molecule has 2 amide bonds. The van der Waals surface area contributed by atoms with Crippen molar-refractivity contribution < 1.29 is 9.18 Å². The third kappa shape index (κ3) is 4.59. The summed E-state index contributed by atoms with van der Waals surface area (Å²) in [7, 11) is 1.99. The molecule has 1 saturated heterocycles. The summed E-state index contributed by atoms with van der Waals surface area (Å²) in [5, 5.41) is 2.93. The Morgan fingerprint density at radius 3 is 3.04 bits per heavy atom. The zero-order valence-electron chi connectivity index (χ0n) is 14.6. The number of aromatic nitrogens is 2. The number of nitrogens with zero attached hydrogens (tertiary/aromatic N) is 3. The summed E-state index contributed by atoms with van der Waals surface area (Å²) in [4.78, 5) is 18.9. The molecule has 1 aromatic carbocycles. The lowest BCUT2D eigenvalue weighted by molar-refractivity contribution is 0.146. The third-order valence-electron chi connectivity index (χ3n) is 4.84. The van der Waals surface area contributed by atoms with Gasteiger partial charge in [0.15, 0.2) is 0 Å². The van der Waals surface area contributed by atoms with Gasteiger partial charge >= 0.3 is 6.03 Å². The van der Waals surface area contributed by atoms with E-state index in [0.29, 0.717) is 6.54 Å². The number of halogens is 1. The minimum atomic E-state index is -0.280. The number of hydrogen-bond donors (Lipinski definition) is 1. The number of imidazole rings is 1. The van der Waals surface area contributed by atoms with Gasteiger partial charge in [0, 0.05) is 45.0 Å². The van der Waals surface area contributed by atoms with Gasteiger partial charge in [-0.15, -0.1) is 0 Å². The number of carbonyl (C=O) groups excluding carboxylic acids is 1. The van der Waals surface area contributed by atoms with Crippen molar-refractivity contribution in [1.82, 2.24) is 19.8 Å². The molecule has 1 atom stereocenters. The smallest absolute Gasteiger partial charge is 0.317 e. The molecular formula is C19H25FN4O. The molecule has 0 aliphatic carbocycles. The average molecular weight is 344 g/mol. The Morgan fingerprint density at radius 1 is 1.40 bits per heavy atom. The molecular weight excluding hydrogens is 319 g/mol. The predicted octanol–water partition coefficient (Wildman–Crippen LogP) is 3.26. The molecule has 1 fully saturated rings. The molecule has 2 aromatic rings. The maximum absolute atomic E-state index is 13.2. The number of hydrogen-bond acceptors (Lipinski definition) is 2. The molecule has 0 unspecified atom stereocenters. The molecule has 1 aromatic heterocycles. The topological polar surface area (TPSA) is 50.2 Å². The van der Waals surface area contributed by atoms with Crippen LogP contribution in [0.4, 0.5) is 9.18 Å². The van der Waals surface area contributed by atoms with Crippen LogP contribution >= 0.6 is 0 Å². The zero-order valence-corrected chi connectivity index (χ0v) is 14.6. The van der Waals surface area contributed by atoms with E-state index >= 15 is 0 Å². The van der Waals surface area contributed by atoms with Crippen molar-refractivity contribution in [3.8, 4) is 0 Å². The van der Waals surface area contributed by atoms with Crippen molar-refractivity contribution in [1.29, 1.82) is 0 Å². The number of rotatable bonds is 5. The quantitative estimate of drug-likeness (QED) is 0.905. The highest BCUT2D eigenvalue weighted by Gasteiger charge is 2.26. The molecule has 0 saturated carbocycles. The minimum absolute atomic E-state index is 0.0613. The standard InChI is InChI=1S/C19H25FN4O/c1-23-12-10-21-18(23)9-8-17-7-2-3-11-24(17)19(25)22-14-15-5-4-6-16(20)13-15/h4-6,10,12-13,17H,2-3,7-9,11,14H2,1H3,(H,22,25)/t17-/m1/s1. The van der Waals surface area contributed by atoms with E-state index in [2.05, 4.69) is 10.3 Å². The van der Waals surface area contributed by atoms with Crippen molar-refractivity contribution in [2.75, 3.05) is 6.54 Å². The van der Waals surface area contributed by atoms with Crippen molar-refractivity contribution in [3.05, 3.63) is 53.9 Å². The Hall–Kier alpha value is -2.37. The Balaban J connectivity index is 1.56. The lowest BCUT2D eigenvalue weighted by atomic mass is 9.98. The Bertz CT molecular complexity index is 715. The summed E-state index contributed by atoms with van der Waals surface area (Å²) in [6.07, 6.45) is 8.74. The van der Waals surface area contributed by atoms with Gasteiger partial charge in [-0.2, -0.15) is 0 Å². The molecule has 1 aliphatic heterocycles. The molecule has 1 aliphatic rings. The fourth-order valence-electron chi connectivity index (χ4n) is 3.43. The fraction of sp³-hybridized carbons (Fsp3) is 0.474. The summed E-state index contributed by atoms with van der Waals surface area (Å²) in [5.74, 6) is 0.767. The number of carbonyl (C=O) groups is 1. The van der Waals surface area contributed by atoms with E-state index < -0.39 is 0 Å². The first-order valence-electron chi connectivity index (χ1n) is 8.88. The summed E-state index contributed by atoms with van der Waals surface area (Å²) in [6, 6.07) is 6.51. The van der Waals surface area contributed by atoms with Crippen LogP contribution in [0.1, 0.15) is 37.1 Å². The van der Waals surface area contributed by atoms with E-state index in [9.17, 15) is 9.18 Å². The van der Waals surface area contributed by atoms with Gasteiger partial charge in [0.25, 0.3) is 0 Å². The van der Waals surface area contributed by atoms with Crippen LogP contribution in [0.5, 0.6) is 0 Å². The van der Waals surface area contributed by atoms with E-state index in [4.69, 9.17) is 0 Å². The van der Waals surface area contributed by atoms with Crippen molar-refractivity contribution in [2.45, 2.75) is 44.7 Å². The van der Waals surface area contributed by atoms with Crippen LogP contribution in [0.3, 0.4) is 0 Å². The van der Waals surface area contributed by atoms with Crippen LogP contribution in [-0.2, 0) is 20.0 Å². The van der Waals surface area contributed by atoms with Crippen molar-refractivity contribution in [3.63, 3.8) is 0 Å². The lowest BCUT2D eigenvalue weighted by Gasteiger charge is -2.35. The van der Waals surface area contributed by atoms with E-state index in [1.54, 1.807) is 12.3 Å². The maximum Gasteiger partial charge on any atom is 0.317 e. The van der Waals surface area contributed by atoms with Crippen molar-refractivity contribution in [2.24, 2.45) is 7.05 Å². The average Bonchev–Trinajstić information content (AvgIpc) is 3.03. The molecule has 3 rings (SSSR count). The zero-order chi connectivity index (χ0) is 17.6. The summed E-state index contributed by atoms with van der Waals surface area (Å²) >= 11 is 0. The van der Waals surface area contributed by atoms with Gasteiger partial charge < -0.3 is 14.8 Å². The second kappa shape index (κ2) is 8.14. The second-order valence-electron chi connectivity index (χ2n) is 6.62. The van der Waals surface area contributed by atoms with Crippen LogP contribution in [0, 0.1) is 5.82 Å². The Kier molecular flexibility index (Phi) is 5.68. The highest BCUT2D eigenvalue weighted by molar-refractivity contribution is 5.74. The summed E-state index contributed by atoms with van der Waals surface area (Å²) < 4.78 is 15.3. The summed E-state index contributed by atoms with van der Waals surface area (Å²) in [6.45, 7) is 1.12. The number of piperidine rings is 1. The SMILES string of the molecule is Cn1ccnc1CC[C@H]1CCCCN1C(=O)NCc1cccc(F)c1. The van der Waals surface area contributed by atoms with Crippen molar-refractivity contribution >= 4 is 6.03 Å². The van der Waals surface area contributed by atoms with Crippen LogP contribution < -0.4 is 5.32 Å². The Morgan fingerprint density at radius 2 is 2.28 bits per heavy atom. The number of urea groups is 1. The number of aryl methyl sites for hydroxylation is 2. The molecule has 0 spiro atoms. The minimum Gasteiger partial charge on any atom is -0.338 e. The van der Waals surface area contributed by atoms with Gasteiger partial charge in [0.2, 0.25) is 0 Å². The monoisotopic (exact) mass is 344 g/mol. The maximum atomic E-state index is 13.2. The largest absolute Gasteiger partial charge is 0.338 e. The molecule has 0 radical (unpaired) electrons. The van der Waals surface area contributed by atoms with Gasteiger partial charge in [-0.25, -0.2) is 14.2 Å². The van der Waals surface area contributed by atoms with Gasteiger partial charge in [0.1, 0.15) is 11.6 Å². The molecule has 5 nitrogen and oxygen atoms in total. The molecule has 134 valence electrons. The normalized spacial score (nSPS) is 17.5. The molecule has 6 heteroatoms. The highest BCUT2D eigenvalue weighted by Crippen LogP contribution is 2.21. The van der Waals surface area contributed by atoms with Gasteiger partial charge in [-0.1, -0.05) is 12.1 Å². The number of benzene rings is 1. The van der Waals surface area contributed by atoms with Crippen LogP contribution in [0.15, 0.2) is 36.7 Å². The number of amides is 2. The van der Waals surface area contributed by atoms with Gasteiger partial charge in [-0.3, -0.25) is 0 Å². The Labute approximate surface area is 147 Å². The molecule has 25 heavy (non-hydrogen) atoms. The van der Waals surface area contributed by atoms with Gasteiger partial charge in [-0.05, 0) is 43.4 Å². The first-order valence-corrected chi connectivity index (χ1v) is 8.88. The molecule has 1 N–H and O–H groups in total. The highest BCUT2D eigenvalue weighted by atomic mass is 19.1. The molecule has 0 bridgehead atoms. The summed E-state index contributed by atoms with van der Waals surface area (Å²) in [5.41, 5.74) is 0.773. The van der Waals surface area contributed by atoms with E-state index in [1.165, 1.54) is 12.1 Å². The van der Waals surface area contributed by atoms with E-state index in [-0.39, 0.29) is 17.9 Å². The fourth-order valence-corrected chi connectivity index (χ4v) is 3.43. The molecule has 2 heterocycles. The third-order valence-corrected chi connectivity index (χ3v) is 4.84. The second-order valence-corrected chi connectivity index (χ2v) is 6.62. The van der Waals surface area contributed by atoms with Gasteiger partial charge in [0.05, 0.1) is 0 Å². The number of nitrogens with one attached hydrogen (secondary N) is 1. The van der Waals surface area contributed by atoms with E-state index in [1.807, 2.05) is 28.8 Å². The van der Waals surface area contributed by atoms with Crippen LogP contribution in [-0.4, -0.2) is 33.1 Å². The first kappa shape index (κ1) is 17.5. The van der Waals surface area contributed by atoms with E-state index in [0.717, 1.165) is 50.0 Å². The first-order chi connectivity index (χ1) is 12.1. The number of likely N-dealkylation sites (tertiary alicyclic amines) is 1. The van der Waals surface area contributed by atoms with Crippen LogP contribution in [0.2, 0.25) is 0 Å².